The quantitative estimate of drug-likeness (QED) is 0.894. The second-order valence-electron chi connectivity index (χ2n) is 5.81. The highest BCUT2D eigenvalue weighted by molar-refractivity contribution is 5.56. The SMILES string of the molecule is CC(C)(C)OCCN1CCC(O)c2ccccc21. The molecule has 1 aliphatic rings. The summed E-state index contributed by atoms with van der Waals surface area (Å²) >= 11 is 0. The molecule has 1 aromatic carbocycles. The van der Waals surface area contributed by atoms with Gasteiger partial charge in [0.15, 0.2) is 0 Å². The minimum atomic E-state index is -0.319. The maximum atomic E-state index is 9.98. The number of rotatable bonds is 3. The molecule has 1 aliphatic heterocycles. The van der Waals surface area contributed by atoms with Crippen molar-refractivity contribution in [3.63, 3.8) is 0 Å². The summed E-state index contributed by atoms with van der Waals surface area (Å²) in [5.41, 5.74) is 2.10. The average Bonchev–Trinajstić information content (AvgIpc) is 2.31. The number of aliphatic hydroxyl groups excluding tert-OH is 1. The molecule has 18 heavy (non-hydrogen) atoms. The predicted molar refractivity (Wildman–Crippen MR) is 73.9 cm³/mol. The van der Waals surface area contributed by atoms with Crippen LogP contribution in [0.4, 0.5) is 5.69 Å². The molecule has 0 saturated carbocycles. The first kappa shape index (κ1) is 13.4. The smallest absolute Gasteiger partial charge is 0.0826 e. The van der Waals surface area contributed by atoms with Crippen molar-refractivity contribution >= 4 is 5.69 Å². The lowest BCUT2D eigenvalue weighted by molar-refractivity contribution is 0.000954. The first-order valence-corrected chi connectivity index (χ1v) is 6.63. The minimum Gasteiger partial charge on any atom is -0.388 e. The second kappa shape index (κ2) is 5.29. The molecule has 0 bridgehead atoms. The first-order valence-electron chi connectivity index (χ1n) is 6.63. The van der Waals surface area contributed by atoms with Crippen LogP contribution in [0.3, 0.4) is 0 Å². The van der Waals surface area contributed by atoms with Crippen LogP contribution >= 0.6 is 0 Å². The van der Waals surface area contributed by atoms with E-state index in [1.807, 2.05) is 18.2 Å². The third-order valence-electron chi connectivity index (χ3n) is 3.21. The van der Waals surface area contributed by atoms with Crippen molar-refractivity contribution < 1.29 is 9.84 Å². The second-order valence-corrected chi connectivity index (χ2v) is 5.81. The van der Waals surface area contributed by atoms with E-state index in [1.54, 1.807) is 0 Å². The van der Waals surface area contributed by atoms with Crippen LogP contribution in [0.1, 0.15) is 38.9 Å². The van der Waals surface area contributed by atoms with Gasteiger partial charge in [-0.05, 0) is 33.3 Å². The van der Waals surface area contributed by atoms with Crippen LogP contribution in [0.5, 0.6) is 0 Å². The molecular weight excluding hydrogens is 226 g/mol. The Morgan fingerprint density at radius 3 is 2.78 bits per heavy atom. The number of benzene rings is 1. The highest BCUT2D eigenvalue weighted by Gasteiger charge is 2.23. The van der Waals surface area contributed by atoms with Gasteiger partial charge in [-0.15, -0.1) is 0 Å². The lowest BCUT2D eigenvalue weighted by Gasteiger charge is -2.34. The Kier molecular flexibility index (Phi) is 3.93. The third-order valence-corrected chi connectivity index (χ3v) is 3.21. The lowest BCUT2D eigenvalue weighted by atomic mass is 9.99. The minimum absolute atomic E-state index is 0.0885. The first-order chi connectivity index (χ1) is 8.47. The van der Waals surface area contributed by atoms with E-state index in [2.05, 4.69) is 31.7 Å². The predicted octanol–water partition coefficient (Wildman–Crippen LogP) is 2.75. The summed E-state index contributed by atoms with van der Waals surface area (Å²) in [5, 5.41) is 9.98. The monoisotopic (exact) mass is 249 g/mol. The van der Waals surface area contributed by atoms with Gasteiger partial charge >= 0.3 is 0 Å². The Morgan fingerprint density at radius 1 is 1.33 bits per heavy atom. The van der Waals surface area contributed by atoms with E-state index < -0.39 is 0 Å². The zero-order valence-corrected chi connectivity index (χ0v) is 11.5. The molecule has 0 saturated heterocycles. The molecule has 3 heteroatoms. The molecule has 0 radical (unpaired) electrons. The number of para-hydroxylation sites is 1. The molecule has 1 unspecified atom stereocenters. The number of ether oxygens (including phenoxy) is 1. The van der Waals surface area contributed by atoms with E-state index >= 15 is 0 Å². The Labute approximate surface area is 109 Å². The van der Waals surface area contributed by atoms with Crippen LogP contribution in [0.25, 0.3) is 0 Å². The van der Waals surface area contributed by atoms with Gasteiger partial charge in [0, 0.05) is 24.3 Å². The molecule has 3 nitrogen and oxygen atoms in total. The van der Waals surface area contributed by atoms with E-state index in [0.29, 0.717) is 6.61 Å². The zero-order valence-electron chi connectivity index (χ0n) is 11.5. The van der Waals surface area contributed by atoms with Crippen LogP contribution in [-0.2, 0) is 4.74 Å². The molecule has 2 rings (SSSR count). The highest BCUT2D eigenvalue weighted by Crippen LogP contribution is 2.33. The van der Waals surface area contributed by atoms with Crippen LogP contribution < -0.4 is 4.90 Å². The van der Waals surface area contributed by atoms with Gasteiger partial charge in [-0.1, -0.05) is 18.2 Å². The van der Waals surface area contributed by atoms with Crippen molar-refractivity contribution in [3.8, 4) is 0 Å². The highest BCUT2D eigenvalue weighted by atomic mass is 16.5. The fraction of sp³-hybridized carbons (Fsp3) is 0.600. The van der Waals surface area contributed by atoms with Crippen LogP contribution in [-0.4, -0.2) is 30.4 Å². The molecule has 0 fully saturated rings. The lowest BCUT2D eigenvalue weighted by Crippen LogP contribution is -2.35. The van der Waals surface area contributed by atoms with Gasteiger partial charge in [0.05, 0.1) is 18.3 Å². The molecule has 0 spiro atoms. The molecular formula is C15H23NO2. The molecule has 1 aromatic rings. The summed E-state index contributed by atoms with van der Waals surface area (Å²) in [6.07, 6.45) is 0.480. The molecule has 1 N–H and O–H groups in total. The van der Waals surface area contributed by atoms with Crippen LogP contribution in [0.15, 0.2) is 24.3 Å². The summed E-state index contributed by atoms with van der Waals surface area (Å²) in [5.74, 6) is 0. The number of hydrogen-bond acceptors (Lipinski definition) is 3. The van der Waals surface area contributed by atoms with Crippen molar-refractivity contribution in [1.82, 2.24) is 0 Å². The maximum Gasteiger partial charge on any atom is 0.0826 e. The maximum absolute atomic E-state index is 9.98. The van der Waals surface area contributed by atoms with Gasteiger partial charge in [0.2, 0.25) is 0 Å². The van der Waals surface area contributed by atoms with Gasteiger partial charge < -0.3 is 14.7 Å². The van der Waals surface area contributed by atoms with E-state index in [9.17, 15) is 5.11 Å². The average molecular weight is 249 g/mol. The summed E-state index contributed by atoms with van der Waals surface area (Å²) < 4.78 is 5.77. The van der Waals surface area contributed by atoms with Crippen molar-refractivity contribution in [3.05, 3.63) is 29.8 Å². The summed E-state index contributed by atoms with van der Waals surface area (Å²) in [4.78, 5) is 2.30. The Morgan fingerprint density at radius 2 is 2.06 bits per heavy atom. The fourth-order valence-corrected chi connectivity index (χ4v) is 2.31. The Hall–Kier alpha value is -1.06. The van der Waals surface area contributed by atoms with Gasteiger partial charge in [-0.3, -0.25) is 0 Å². The van der Waals surface area contributed by atoms with E-state index in [0.717, 1.165) is 30.8 Å². The largest absolute Gasteiger partial charge is 0.388 e. The van der Waals surface area contributed by atoms with Gasteiger partial charge in [0.1, 0.15) is 0 Å². The summed E-state index contributed by atoms with van der Waals surface area (Å²) in [6.45, 7) is 8.70. The van der Waals surface area contributed by atoms with Gasteiger partial charge in [-0.25, -0.2) is 0 Å². The fourth-order valence-electron chi connectivity index (χ4n) is 2.31. The molecule has 100 valence electrons. The number of hydrogen-bond donors (Lipinski definition) is 1. The van der Waals surface area contributed by atoms with Crippen molar-refractivity contribution in [2.24, 2.45) is 0 Å². The van der Waals surface area contributed by atoms with Crippen molar-refractivity contribution in [2.45, 2.75) is 38.9 Å². The van der Waals surface area contributed by atoms with Crippen LogP contribution in [0, 0.1) is 0 Å². The van der Waals surface area contributed by atoms with Crippen molar-refractivity contribution in [2.75, 3.05) is 24.6 Å². The Bertz CT molecular complexity index is 398. The van der Waals surface area contributed by atoms with Crippen LogP contribution in [0.2, 0.25) is 0 Å². The standard InChI is InChI=1S/C15H23NO2/c1-15(2,3)18-11-10-16-9-8-14(17)12-6-4-5-7-13(12)16/h4-7,14,17H,8-11H2,1-3H3. The molecule has 0 aliphatic carbocycles. The normalized spacial score (nSPS) is 19.8. The van der Waals surface area contributed by atoms with Gasteiger partial charge in [0.25, 0.3) is 0 Å². The summed E-state index contributed by atoms with van der Waals surface area (Å²) in [6, 6.07) is 8.09. The Balaban J connectivity index is 2.01. The molecule has 0 aromatic heterocycles. The molecule has 1 atom stereocenters. The summed E-state index contributed by atoms with van der Waals surface area (Å²) in [7, 11) is 0. The molecule has 0 amide bonds. The molecule has 1 heterocycles. The van der Waals surface area contributed by atoms with Gasteiger partial charge in [-0.2, -0.15) is 0 Å². The van der Waals surface area contributed by atoms with E-state index in [4.69, 9.17) is 4.74 Å². The zero-order chi connectivity index (χ0) is 13.2. The number of nitrogens with zero attached hydrogens (tertiary/aromatic N) is 1. The number of anilines is 1. The van der Waals surface area contributed by atoms with E-state index in [-0.39, 0.29) is 11.7 Å². The number of aliphatic hydroxyl groups is 1. The number of fused-ring (bicyclic) bond motifs is 1. The van der Waals surface area contributed by atoms with Crippen molar-refractivity contribution in [1.29, 1.82) is 0 Å². The third kappa shape index (κ3) is 3.24. The van der Waals surface area contributed by atoms with E-state index in [1.165, 1.54) is 0 Å². The topological polar surface area (TPSA) is 32.7 Å².